The summed E-state index contributed by atoms with van der Waals surface area (Å²) in [5.41, 5.74) is -3.71. The van der Waals surface area contributed by atoms with E-state index in [1.165, 1.54) is 50.3 Å². The second kappa shape index (κ2) is 14.9. The molecule has 6 nitrogen and oxygen atoms in total. The Kier molecular flexibility index (Phi) is 12.3. The van der Waals surface area contributed by atoms with Gasteiger partial charge in [0.25, 0.3) is 0 Å². The summed E-state index contributed by atoms with van der Waals surface area (Å²) in [6.07, 6.45) is 10.5. The summed E-state index contributed by atoms with van der Waals surface area (Å²) in [6.45, 7) is 3.06. The van der Waals surface area contributed by atoms with Crippen LogP contribution in [0.3, 0.4) is 0 Å². The van der Waals surface area contributed by atoms with Crippen molar-refractivity contribution >= 4 is 20.9 Å². The van der Waals surface area contributed by atoms with Crippen molar-refractivity contribution in [3.8, 4) is 17.1 Å². The van der Waals surface area contributed by atoms with E-state index in [0.29, 0.717) is 0 Å². The molecule has 0 unspecified atom stereocenters. The zero-order valence-corrected chi connectivity index (χ0v) is 22.9. The van der Waals surface area contributed by atoms with Gasteiger partial charge in [0.1, 0.15) is 25.6 Å². The minimum Gasteiger partial charge on any atom is -0.741 e. The van der Waals surface area contributed by atoms with Crippen LogP contribution in [-0.4, -0.2) is 39.2 Å². The Morgan fingerprint density at radius 2 is 1.45 bits per heavy atom. The molecule has 0 aliphatic rings. The third-order valence-electron chi connectivity index (χ3n) is 5.78. The molecule has 0 aliphatic carbocycles. The van der Waals surface area contributed by atoms with E-state index in [1.54, 1.807) is 0 Å². The van der Waals surface area contributed by atoms with Crippen molar-refractivity contribution < 1.29 is 35.3 Å². The summed E-state index contributed by atoms with van der Waals surface area (Å²) in [6, 6.07) is 18.7. The highest BCUT2D eigenvalue weighted by Crippen LogP contribution is 2.24. The van der Waals surface area contributed by atoms with Crippen molar-refractivity contribution in [2.45, 2.75) is 63.8 Å². The Labute approximate surface area is 222 Å². The summed E-state index contributed by atoms with van der Waals surface area (Å²) < 4.78 is 73.1. The van der Waals surface area contributed by atoms with Crippen LogP contribution in [0.4, 0.5) is 13.2 Å². The first kappa shape index (κ1) is 31.4. The largest absolute Gasteiger partial charge is 0.741 e. The van der Waals surface area contributed by atoms with Gasteiger partial charge in [0, 0.05) is 5.56 Å². The standard InChI is InChI=1S/C27H36NO2.CHF3O3S/c1-4-5-6-7-8-9-10-13-20-29-24-18-16-22(17-19-24)26-21-23-14-11-12-15-25(23)27(30-26)28(2)3;2-1(3,4)8(5,6)7/h11-12,14-19,21H,4-10,13,20H2,1-3H3;(H,5,6,7)/q+1;/p-1. The summed E-state index contributed by atoms with van der Waals surface area (Å²) in [5, 5.41) is 2.30. The molecule has 10 heteroatoms. The van der Waals surface area contributed by atoms with Crippen molar-refractivity contribution in [2.24, 2.45) is 0 Å². The first-order valence-corrected chi connectivity index (χ1v) is 14.1. The zero-order chi connectivity index (χ0) is 28.2. The molecular formula is C28H36F3NO5S. The minimum absolute atomic E-state index is 0.791. The molecule has 2 aromatic carbocycles. The van der Waals surface area contributed by atoms with Gasteiger partial charge < -0.3 is 13.7 Å². The molecule has 210 valence electrons. The predicted molar refractivity (Wildman–Crippen MR) is 143 cm³/mol. The first-order valence-electron chi connectivity index (χ1n) is 12.7. The molecule has 3 aromatic rings. The van der Waals surface area contributed by atoms with Gasteiger partial charge in [-0.25, -0.2) is 13.0 Å². The molecule has 0 radical (unpaired) electrons. The number of unbranched alkanes of at least 4 members (excludes halogenated alkanes) is 7. The molecular weight excluding hydrogens is 519 g/mol. The smallest absolute Gasteiger partial charge is 0.485 e. The number of halogens is 3. The van der Waals surface area contributed by atoms with Crippen molar-refractivity contribution in [2.75, 3.05) is 20.7 Å². The first-order chi connectivity index (χ1) is 17.9. The van der Waals surface area contributed by atoms with Gasteiger partial charge in [-0.15, -0.1) is 0 Å². The van der Waals surface area contributed by atoms with Gasteiger partial charge in [-0.05, 0) is 48.2 Å². The summed E-state index contributed by atoms with van der Waals surface area (Å²) in [7, 11) is -2.07. The molecule has 0 aliphatic heterocycles. The van der Waals surface area contributed by atoms with Crippen LogP contribution in [0.5, 0.6) is 5.75 Å². The van der Waals surface area contributed by atoms with Crippen LogP contribution in [0, 0.1) is 0 Å². The molecule has 0 spiro atoms. The highest BCUT2D eigenvalue weighted by atomic mass is 32.2. The van der Waals surface area contributed by atoms with E-state index in [2.05, 4.69) is 43.3 Å². The van der Waals surface area contributed by atoms with E-state index in [1.807, 2.05) is 36.9 Å². The van der Waals surface area contributed by atoms with Crippen LogP contribution in [0.25, 0.3) is 22.1 Å². The molecule has 0 bridgehead atoms. The lowest BCUT2D eigenvalue weighted by Crippen LogP contribution is -2.22. The number of alkyl halides is 3. The summed E-state index contributed by atoms with van der Waals surface area (Å²) in [5.74, 6) is 1.79. The Morgan fingerprint density at radius 3 is 2.00 bits per heavy atom. The fraction of sp³-hybridized carbons (Fsp3) is 0.464. The number of ether oxygens (including phenoxy) is 1. The topological polar surface area (TPSA) is 82.6 Å². The number of benzene rings is 2. The fourth-order valence-electron chi connectivity index (χ4n) is 3.76. The van der Waals surface area contributed by atoms with E-state index < -0.39 is 15.6 Å². The maximum Gasteiger partial charge on any atom is 0.485 e. The third kappa shape index (κ3) is 10.1. The average molecular weight is 556 g/mol. The van der Waals surface area contributed by atoms with E-state index in [-0.39, 0.29) is 0 Å². The Balaban J connectivity index is 0.000000550. The number of fused-ring (bicyclic) bond motifs is 1. The van der Waals surface area contributed by atoms with Gasteiger partial charge >= 0.3 is 11.1 Å². The van der Waals surface area contributed by atoms with Gasteiger partial charge in [-0.2, -0.15) is 13.2 Å². The van der Waals surface area contributed by atoms with Gasteiger partial charge in [0.2, 0.25) is 0 Å². The average Bonchev–Trinajstić information content (AvgIpc) is 2.86. The molecule has 0 atom stereocenters. The van der Waals surface area contributed by atoms with Crippen LogP contribution in [0.1, 0.15) is 58.3 Å². The Bertz CT molecular complexity index is 1310. The molecule has 38 heavy (non-hydrogen) atoms. The van der Waals surface area contributed by atoms with Crippen LogP contribution in [0.2, 0.25) is 0 Å². The zero-order valence-electron chi connectivity index (χ0n) is 22.1. The lowest BCUT2D eigenvalue weighted by Gasteiger charge is -2.08. The van der Waals surface area contributed by atoms with E-state index in [0.717, 1.165) is 41.0 Å². The second-order valence-electron chi connectivity index (χ2n) is 9.15. The SMILES string of the molecule is CCCCCCCCCCOc1ccc(-c2cc3ccccc3c(=[N+](C)C)o2)cc1.O=S(=O)([O-])C(F)(F)F. The van der Waals surface area contributed by atoms with Crippen molar-refractivity contribution in [1.82, 2.24) is 4.58 Å². The van der Waals surface area contributed by atoms with Crippen molar-refractivity contribution in [1.29, 1.82) is 0 Å². The molecule has 1 aromatic heterocycles. The van der Waals surface area contributed by atoms with E-state index in [4.69, 9.17) is 22.1 Å². The van der Waals surface area contributed by atoms with Crippen LogP contribution >= 0.6 is 0 Å². The van der Waals surface area contributed by atoms with E-state index >= 15 is 0 Å². The molecule has 3 rings (SSSR count). The Hall–Kier alpha value is -2.85. The summed E-state index contributed by atoms with van der Waals surface area (Å²) in [4.78, 5) is 0. The molecule has 0 saturated carbocycles. The number of rotatable bonds is 11. The molecule has 0 amide bonds. The number of hydrogen-bond donors (Lipinski definition) is 0. The van der Waals surface area contributed by atoms with Crippen LogP contribution in [0.15, 0.2) is 59.0 Å². The van der Waals surface area contributed by atoms with Crippen molar-refractivity contribution in [3.05, 3.63) is 60.2 Å². The normalized spacial score (nSPS) is 11.7. The number of hydrogen-bond acceptors (Lipinski definition) is 5. The third-order valence-corrected chi connectivity index (χ3v) is 6.35. The maximum atomic E-state index is 10.7. The fourth-order valence-corrected chi connectivity index (χ4v) is 3.76. The molecule has 0 N–H and O–H groups in total. The van der Waals surface area contributed by atoms with Crippen molar-refractivity contribution in [3.63, 3.8) is 0 Å². The maximum absolute atomic E-state index is 10.7. The van der Waals surface area contributed by atoms with Crippen LogP contribution in [-0.2, 0) is 10.1 Å². The second-order valence-corrected chi connectivity index (χ2v) is 10.5. The lowest BCUT2D eigenvalue weighted by molar-refractivity contribution is -0.0517. The summed E-state index contributed by atoms with van der Waals surface area (Å²) >= 11 is 0. The van der Waals surface area contributed by atoms with Gasteiger partial charge in [0.05, 0.1) is 12.0 Å². The molecule has 1 heterocycles. The minimum atomic E-state index is -6.09. The predicted octanol–water partition coefficient (Wildman–Crippen LogP) is 6.70. The highest BCUT2D eigenvalue weighted by molar-refractivity contribution is 7.86. The molecule has 0 saturated heterocycles. The van der Waals surface area contributed by atoms with Gasteiger partial charge in [-0.1, -0.05) is 70.1 Å². The quantitative estimate of drug-likeness (QED) is 0.114. The monoisotopic (exact) mass is 555 g/mol. The van der Waals surface area contributed by atoms with E-state index in [9.17, 15) is 13.2 Å². The molecule has 0 fully saturated rings. The van der Waals surface area contributed by atoms with Crippen LogP contribution < -0.4 is 14.9 Å². The Morgan fingerprint density at radius 1 is 0.895 bits per heavy atom. The van der Waals surface area contributed by atoms with Gasteiger partial charge in [0.15, 0.2) is 10.1 Å². The lowest BCUT2D eigenvalue weighted by atomic mass is 10.1. The van der Waals surface area contributed by atoms with Gasteiger partial charge in [-0.3, -0.25) is 0 Å². The number of nitrogens with zero attached hydrogens (tertiary/aromatic N) is 1. The highest BCUT2D eigenvalue weighted by Gasteiger charge is 2.36.